The lowest BCUT2D eigenvalue weighted by Gasteiger charge is -2.12. The highest BCUT2D eigenvalue weighted by Crippen LogP contribution is 2.33. The van der Waals surface area contributed by atoms with Gasteiger partial charge < -0.3 is 16.8 Å². The van der Waals surface area contributed by atoms with Crippen LogP contribution in [0.4, 0.5) is 21.5 Å². The average molecular weight is 232 g/mol. The van der Waals surface area contributed by atoms with Gasteiger partial charge in [0.2, 0.25) is 0 Å². The highest BCUT2D eigenvalue weighted by Gasteiger charge is 2.13. The lowest BCUT2D eigenvalue weighted by molar-refractivity contribution is 0.631. The van der Waals surface area contributed by atoms with Crippen LogP contribution in [0.1, 0.15) is 19.8 Å². The molecule has 15 heavy (non-hydrogen) atoms. The number of hydrogen-bond donors (Lipinski definition) is 3. The van der Waals surface area contributed by atoms with E-state index in [1.54, 1.807) is 0 Å². The van der Waals surface area contributed by atoms with Gasteiger partial charge in [0.25, 0.3) is 0 Å². The Labute approximate surface area is 93.6 Å². The van der Waals surface area contributed by atoms with Gasteiger partial charge in [-0.25, -0.2) is 4.39 Å². The minimum absolute atomic E-state index is 0.0804. The van der Waals surface area contributed by atoms with Crippen molar-refractivity contribution in [3.05, 3.63) is 16.9 Å². The predicted molar refractivity (Wildman–Crippen MR) is 63.6 cm³/mol. The number of nitrogens with two attached hydrogens (primary N) is 2. The summed E-state index contributed by atoms with van der Waals surface area (Å²) >= 11 is 5.67. The Morgan fingerprint density at radius 1 is 1.40 bits per heavy atom. The third kappa shape index (κ3) is 2.65. The molecule has 0 aliphatic rings. The summed E-state index contributed by atoms with van der Waals surface area (Å²) in [7, 11) is 0. The van der Waals surface area contributed by atoms with E-state index in [4.69, 9.17) is 23.1 Å². The summed E-state index contributed by atoms with van der Waals surface area (Å²) < 4.78 is 13.6. The molecule has 84 valence electrons. The second-order valence-electron chi connectivity index (χ2n) is 3.34. The van der Waals surface area contributed by atoms with E-state index >= 15 is 0 Å². The van der Waals surface area contributed by atoms with E-state index in [0.29, 0.717) is 6.54 Å². The van der Waals surface area contributed by atoms with Gasteiger partial charge >= 0.3 is 0 Å². The fraction of sp³-hybridized carbons (Fsp3) is 0.400. The number of halogens is 2. The van der Waals surface area contributed by atoms with Crippen LogP contribution in [0.25, 0.3) is 0 Å². The Hall–Kier alpha value is -1.16. The highest BCUT2D eigenvalue weighted by molar-refractivity contribution is 6.33. The van der Waals surface area contributed by atoms with Gasteiger partial charge in [-0.1, -0.05) is 24.9 Å². The van der Waals surface area contributed by atoms with Crippen molar-refractivity contribution in [1.82, 2.24) is 0 Å². The van der Waals surface area contributed by atoms with E-state index in [1.807, 2.05) is 0 Å². The van der Waals surface area contributed by atoms with E-state index < -0.39 is 5.82 Å². The summed E-state index contributed by atoms with van der Waals surface area (Å²) in [5.74, 6) is -0.578. The van der Waals surface area contributed by atoms with E-state index in [9.17, 15) is 4.39 Å². The molecule has 0 bridgehead atoms. The van der Waals surface area contributed by atoms with Crippen molar-refractivity contribution in [2.75, 3.05) is 23.3 Å². The minimum Gasteiger partial charge on any atom is -0.397 e. The molecule has 0 fully saturated rings. The van der Waals surface area contributed by atoms with Crippen molar-refractivity contribution < 1.29 is 4.39 Å². The summed E-state index contributed by atoms with van der Waals surface area (Å²) in [5.41, 5.74) is 11.8. The van der Waals surface area contributed by atoms with Gasteiger partial charge in [0, 0.05) is 6.54 Å². The lowest BCUT2D eigenvalue weighted by Crippen LogP contribution is -2.07. The molecule has 0 saturated carbocycles. The second-order valence-corrected chi connectivity index (χ2v) is 3.72. The van der Waals surface area contributed by atoms with Crippen LogP contribution in [-0.2, 0) is 0 Å². The van der Waals surface area contributed by atoms with E-state index in [2.05, 4.69) is 12.2 Å². The molecule has 0 aliphatic heterocycles. The van der Waals surface area contributed by atoms with Crippen molar-refractivity contribution in [1.29, 1.82) is 0 Å². The molecule has 0 atom stereocenters. The molecular weight excluding hydrogens is 217 g/mol. The maximum absolute atomic E-state index is 13.6. The fourth-order valence-corrected chi connectivity index (χ4v) is 1.39. The smallest absolute Gasteiger partial charge is 0.169 e. The van der Waals surface area contributed by atoms with Gasteiger partial charge in [0.1, 0.15) is 5.02 Å². The molecule has 0 spiro atoms. The summed E-state index contributed by atoms with van der Waals surface area (Å²) in [5, 5.41) is 2.83. The average Bonchev–Trinajstić information content (AvgIpc) is 2.20. The molecule has 0 heterocycles. The SMILES string of the molecule is CCCCNc1c(N)cc(N)c(Cl)c1F. The zero-order valence-electron chi connectivity index (χ0n) is 8.61. The van der Waals surface area contributed by atoms with Crippen LogP contribution < -0.4 is 16.8 Å². The second kappa shape index (κ2) is 5.07. The van der Waals surface area contributed by atoms with Crippen LogP contribution in [0.3, 0.4) is 0 Å². The first-order valence-electron chi connectivity index (χ1n) is 4.84. The molecule has 0 aliphatic carbocycles. The molecule has 0 unspecified atom stereocenters. The van der Waals surface area contributed by atoms with E-state index in [0.717, 1.165) is 12.8 Å². The Kier molecular flexibility index (Phi) is 4.03. The number of anilines is 3. The molecule has 5 N–H and O–H groups in total. The fourth-order valence-electron chi connectivity index (χ4n) is 1.24. The monoisotopic (exact) mass is 231 g/mol. The van der Waals surface area contributed by atoms with Crippen molar-refractivity contribution in [2.45, 2.75) is 19.8 Å². The van der Waals surface area contributed by atoms with Crippen LogP contribution in [0.15, 0.2) is 6.07 Å². The Morgan fingerprint density at radius 2 is 2.07 bits per heavy atom. The van der Waals surface area contributed by atoms with Crippen LogP contribution in [0, 0.1) is 5.82 Å². The molecule has 0 saturated heterocycles. The van der Waals surface area contributed by atoms with Crippen molar-refractivity contribution in [2.24, 2.45) is 0 Å². The van der Waals surface area contributed by atoms with Gasteiger partial charge in [-0.2, -0.15) is 0 Å². The maximum Gasteiger partial charge on any atom is 0.169 e. The molecular formula is C10H15ClFN3. The molecule has 1 aromatic rings. The van der Waals surface area contributed by atoms with Crippen molar-refractivity contribution in [3.63, 3.8) is 0 Å². The van der Waals surface area contributed by atoms with Crippen LogP contribution in [0.2, 0.25) is 5.02 Å². The zero-order valence-corrected chi connectivity index (χ0v) is 9.37. The maximum atomic E-state index is 13.6. The number of benzene rings is 1. The zero-order chi connectivity index (χ0) is 11.4. The minimum atomic E-state index is -0.578. The third-order valence-electron chi connectivity index (χ3n) is 2.10. The Morgan fingerprint density at radius 3 is 2.67 bits per heavy atom. The van der Waals surface area contributed by atoms with Gasteiger partial charge in [0.05, 0.1) is 17.1 Å². The summed E-state index contributed by atoms with van der Waals surface area (Å²) in [6, 6.07) is 1.46. The van der Waals surface area contributed by atoms with Crippen LogP contribution in [0.5, 0.6) is 0 Å². The summed E-state index contributed by atoms with van der Waals surface area (Å²) in [6.07, 6.45) is 1.97. The third-order valence-corrected chi connectivity index (χ3v) is 2.48. The Balaban J connectivity index is 2.92. The molecule has 1 aromatic carbocycles. The summed E-state index contributed by atoms with van der Waals surface area (Å²) in [6.45, 7) is 2.72. The summed E-state index contributed by atoms with van der Waals surface area (Å²) in [4.78, 5) is 0. The standard InChI is InChI=1S/C10H15ClFN3/c1-2-3-4-15-10-7(14)5-6(13)8(11)9(10)12/h5,15H,2-4,13-14H2,1H3. The first kappa shape index (κ1) is 11.9. The van der Waals surface area contributed by atoms with E-state index in [1.165, 1.54) is 6.07 Å². The van der Waals surface area contributed by atoms with Gasteiger partial charge in [-0.05, 0) is 12.5 Å². The number of hydrogen-bond acceptors (Lipinski definition) is 3. The number of unbranched alkanes of at least 4 members (excludes halogenated alkanes) is 1. The Bertz CT molecular complexity index is 355. The largest absolute Gasteiger partial charge is 0.397 e. The van der Waals surface area contributed by atoms with Gasteiger partial charge in [0.15, 0.2) is 5.82 Å². The number of rotatable bonds is 4. The number of nitrogens with one attached hydrogen (secondary N) is 1. The van der Waals surface area contributed by atoms with Crippen LogP contribution in [-0.4, -0.2) is 6.54 Å². The van der Waals surface area contributed by atoms with Crippen molar-refractivity contribution >= 4 is 28.7 Å². The number of nitrogen functional groups attached to an aromatic ring is 2. The quantitative estimate of drug-likeness (QED) is 0.552. The van der Waals surface area contributed by atoms with Crippen molar-refractivity contribution in [3.8, 4) is 0 Å². The molecule has 1 rings (SSSR count). The molecule has 0 amide bonds. The predicted octanol–water partition coefficient (Wildman–Crippen LogP) is 2.86. The first-order valence-corrected chi connectivity index (χ1v) is 5.22. The molecule has 0 aromatic heterocycles. The molecule has 0 radical (unpaired) electrons. The van der Waals surface area contributed by atoms with Gasteiger partial charge in [-0.15, -0.1) is 0 Å². The highest BCUT2D eigenvalue weighted by atomic mass is 35.5. The molecule has 5 heteroatoms. The topological polar surface area (TPSA) is 64.1 Å². The van der Waals surface area contributed by atoms with E-state index in [-0.39, 0.29) is 22.1 Å². The molecule has 3 nitrogen and oxygen atoms in total. The lowest BCUT2D eigenvalue weighted by atomic mass is 10.2. The first-order chi connectivity index (χ1) is 7.07. The van der Waals surface area contributed by atoms with Crippen LogP contribution >= 0.6 is 11.6 Å². The normalized spacial score (nSPS) is 10.3. The van der Waals surface area contributed by atoms with Gasteiger partial charge in [-0.3, -0.25) is 0 Å².